The quantitative estimate of drug-likeness (QED) is 0.926. The summed E-state index contributed by atoms with van der Waals surface area (Å²) in [6.45, 7) is 4.46. The van der Waals surface area contributed by atoms with Crippen LogP contribution >= 0.6 is 11.8 Å². The fourth-order valence-corrected chi connectivity index (χ4v) is 3.93. The average Bonchev–Trinajstić information content (AvgIpc) is 2.86. The summed E-state index contributed by atoms with van der Waals surface area (Å²) in [6.07, 6.45) is -3.12. The summed E-state index contributed by atoms with van der Waals surface area (Å²) in [6, 6.07) is 0.473. The minimum Gasteiger partial charge on any atom is -0.306 e. The molecule has 2 heterocycles. The lowest BCUT2D eigenvalue weighted by molar-refractivity contribution is -0.142. The third-order valence-electron chi connectivity index (χ3n) is 3.61. The summed E-state index contributed by atoms with van der Waals surface area (Å²) in [5.41, 5.74) is 2.18. The molecule has 2 atom stereocenters. The van der Waals surface area contributed by atoms with E-state index in [9.17, 15) is 13.2 Å². The van der Waals surface area contributed by atoms with Crippen LogP contribution in [-0.4, -0.2) is 33.5 Å². The molecule has 0 spiro atoms. The molecule has 7 heteroatoms. The Hall–Kier alpha value is -0.690. The van der Waals surface area contributed by atoms with Crippen LogP contribution in [0.25, 0.3) is 0 Å². The zero-order valence-corrected chi connectivity index (χ0v) is 12.7. The Kier molecular flexibility index (Phi) is 4.69. The van der Waals surface area contributed by atoms with Crippen LogP contribution in [0.2, 0.25) is 0 Å². The fourth-order valence-electron chi connectivity index (χ4n) is 2.76. The van der Waals surface area contributed by atoms with Crippen molar-refractivity contribution in [3.8, 4) is 0 Å². The van der Waals surface area contributed by atoms with E-state index >= 15 is 0 Å². The van der Waals surface area contributed by atoms with Gasteiger partial charge < -0.3 is 5.32 Å². The average molecular weight is 307 g/mol. The monoisotopic (exact) mass is 307 g/mol. The number of halogens is 3. The number of rotatable bonds is 4. The highest BCUT2D eigenvalue weighted by Gasteiger charge is 2.31. The fraction of sp³-hybridized carbons (Fsp3) is 0.769. The third kappa shape index (κ3) is 3.69. The van der Waals surface area contributed by atoms with Gasteiger partial charge in [-0.3, -0.25) is 4.68 Å². The normalized spacial score (nSPS) is 21.4. The van der Waals surface area contributed by atoms with Crippen molar-refractivity contribution in [1.82, 2.24) is 15.1 Å². The van der Waals surface area contributed by atoms with Crippen LogP contribution in [-0.2, 0) is 6.54 Å². The van der Waals surface area contributed by atoms with Gasteiger partial charge in [0.05, 0.1) is 5.69 Å². The molecule has 114 valence electrons. The van der Waals surface area contributed by atoms with Gasteiger partial charge in [0.2, 0.25) is 0 Å². The Labute approximate surface area is 121 Å². The molecule has 1 fully saturated rings. The molecule has 0 saturated carbocycles. The van der Waals surface area contributed by atoms with E-state index in [4.69, 9.17) is 0 Å². The van der Waals surface area contributed by atoms with Gasteiger partial charge in [-0.2, -0.15) is 30.0 Å². The highest BCUT2D eigenvalue weighted by molar-refractivity contribution is 7.99. The lowest BCUT2D eigenvalue weighted by Crippen LogP contribution is -2.31. The van der Waals surface area contributed by atoms with E-state index in [-0.39, 0.29) is 6.04 Å². The highest BCUT2D eigenvalue weighted by atomic mass is 32.2. The van der Waals surface area contributed by atoms with Crippen molar-refractivity contribution in [3.63, 3.8) is 0 Å². The number of nitrogens with zero attached hydrogens (tertiary/aromatic N) is 2. The summed E-state index contributed by atoms with van der Waals surface area (Å²) in [5, 5.41) is 7.54. The number of alkyl halides is 3. The van der Waals surface area contributed by atoms with E-state index in [1.54, 1.807) is 13.8 Å². The van der Waals surface area contributed by atoms with E-state index in [2.05, 4.69) is 10.4 Å². The Morgan fingerprint density at radius 1 is 1.45 bits per heavy atom. The first kappa shape index (κ1) is 15.7. The van der Waals surface area contributed by atoms with E-state index < -0.39 is 12.7 Å². The van der Waals surface area contributed by atoms with Gasteiger partial charge in [-0.1, -0.05) is 0 Å². The topological polar surface area (TPSA) is 29.9 Å². The highest BCUT2D eigenvalue weighted by Crippen LogP contribution is 2.27. The largest absolute Gasteiger partial charge is 0.408 e. The summed E-state index contributed by atoms with van der Waals surface area (Å²) in [7, 11) is 0. The van der Waals surface area contributed by atoms with Crippen molar-refractivity contribution in [2.24, 2.45) is 0 Å². The molecule has 1 aliphatic heterocycles. The first-order chi connectivity index (χ1) is 9.28. The number of thioether (sulfide) groups is 1. The van der Waals surface area contributed by atoms with Gasteiger partial charge in [0.25, 0.3) is 0 Å². The van der Waals surface area contributed by atoms with Gasteiger partial charge in [0.15, 0.2) is 0 Å². The second-order valence-corrected chi connectivity index (χ2v) is 6.46. The number of nitrogens with one attached hydrogen (secondary N) is 1. The zero-order chi connectivity index (χ0) is 14.9. The summed E-state index contributed by atoms with van der Waals surface area (Å²) < 4.78 is 38.6. The molecule has 0 unspecified atom stereocenters. The Balaban J connectivity index is 2.14. The van der Waals surface area contributed by atoms with Gasteiger partial charge in [-0.15, -0.1) is 0 Å². The lowest BCUT2D eigenvalue weighted by atomic mass is 10.1. The number of hydrogen-bond acceptors (Lipinski definition) is 3. The predicted molar refractivity (Wildman–Crippen MR) is 75.0 cm³/mol. The maximum Gasteiger partial charge on any atom is 0.408 e. The molecule has 0 aromatic carbocycles. The van der Waals surface area contributed by atoms with Crippen LogP contribution in [0.5, 0.6) is 0 Å². The molecule has 1 aromatic rings. The van der Waals surface area contributed by atoms with Crippen LogP contribution in [0.15, 0.2) is 0 Å². The molecular formula is C13H20F3N3S. The molecule has 0 amide bonds. The van der Waals surface area contributed by atoms with Crippen molar-refractivity contribution in [3.05, 3.63) is 17.0 Å². The van der Waals surface area contributed by atoms with Gasteiger partial charge in [-0.25, -0.2) is 0 Å². The minimum absolute atomic E-state index is 0.0284. The number of hydrogen-bond donors (Lipinski definition) is 1. The van der Waals surface area contributed by atoms with Crippen LogP contribution in [0, 0.1) is 13.8 Å². The van der Waals surface area contributed by atoms with E-state index in [1.165, 1.54) is 0 Å². The van der Waals surface area contributed by atoms with E-state index in [0.717, 1.165) is 28.2 Å². The minimum atomic E-state index is -4.24. The van der Waals surface area contributed by atoms with Gasteiger partial charge >= 0.3 is 6.18 Å². The van der Waals surface area contributed by atoms with Gasteiger partial charge in [0, 0.05) is 29.1 Å². The first-order valence-electron chi connectivity index (χ1n) is 6.72. The Morgan fingerprint density at radius 3 is 2.70 bits per heavy atom. The second-order valence-electron chi connectivity index (χ2n) is 5.31. The van der Waals surface area contributed by atoms with Gasteiger partial charge in [0.1, 0.15) is 6.54 Å². The first-order valence-corrected chi connectivity index (χ1v) is 7.88. The maximum absolute atomic E-state index is 12.5. The van der Waals surface area contributed by atoms with E-state index in [1.807, 2.05) is 18.7 Å². The van der Waals surface area contributed by atoms with Crippen LogP contribution in [0.3, 0.4) is 0 Å². The van der Waals surface area contributed by atoms with Crippen molar-refractivity contribution in [2.75, 3.05) is 11.5 Å². The third-order valence-corrected chi connectivity index (χ3v) is 4.78. The molecule has 20 heavy (non-hydrogen) atoms. The van der Waals surface area contributed by atoms with E-state index in [0.29, 0.717) is 17.4 Å². The standard InChI is InChI=1S/C13H20F3N3S/c1-8(17-11-4-5-20-6-11)12-9(2)18-19(10(12)3)7-13(14,15)16/h8,11,17H,4-7H2,1-3H3/t8-,11-/m1/s1. The Bertz CT molecular complexity index is 464. The molecule has 3 nitrogen and oxygen atoms in total. The summed E-state index contributed by atoms with van der Waals surface area (Å²) >= 11 is 1.91. The summed E-state index contributed by atoms with van der Waals surface area (Å²) in [4.78, 5) is 0. The number of aryl methyl sites for hydroxylation is 1. The van der Waals surface area contributed by atoms with Crippen molar-refractivity contribution in [1.29, 1.82) is 0 Å². The molecule has 2 rings (SSSR count). The Morgan fingerprint density at radius 2 is 2.15 bits per heavy atom. The van der Waals surface area contributed by atoms with Crippen molar-refractivity contribution in [2.45, 2.75) is 52.0 Å². The second kappa shape index (κ2) is 5.97. The lowest BCUT2D eigenvalue weighted by Gasteiger charge is -2.19. The summed E-state index contributed by atoms with van der Waals surface area (Å²) in [5.74, 6) is 2.22. The predicted octanol–water partition coefficient (Wildman–Crippen LogP) is 3.22. The van der Waals surface area contributed by atoms with Crippen LogP contribution in [0.1, 0.15) is 36.3 Å². The molecule has 1 saturated heterocycles. The maximum atomic E-state index is 12.5. The van der Waals surface area contributed by atoms with Crippen LogP contribution in [0.4, 0.5) is 13.2 Å². The molecule has 0 aliphatic carbocycles. The molecule has 1 N–H and O–H groups in total. The number of aromatic nitrogens is 2. The zero-order valence-electron chi connectivity index (χ0n) is 11.9. The molecule has 0 radical (unpaired) electrons. The smallest absolute Gasteiger partial charge is 0.306 e. The molecule has 0 bridgehead atoms. The SMILES string of the molecule is Cc1nn(CC(F)(F)F)c(C)c1[C@@H](C)N[C@@H]1CCSC1. The molecule has 1 aromatic heterocycles. The van der Waals surface area contributed by atoms with Gasteiger partial charge in [-0.05, 0) is 32.9 Å². The molecule has 1 aliphatic rings. The molecular weight excluding hydrogens is 287 g/mol. The van der Waals surface area contributed by atoms with Crippen molar-refractivity contribution < 1.29 is 13.2 Å². The van der Waals surface area contributed by atoms with Crippen LogP contribution < -0.4 is 5.32 Å². The van der Waals surface area contributed by atoms with Crippen molar-refractivity contribution >= 4 is 11.8 Å².